The lowest BCUT2D eigenvalue weighted by Crippen LogP contribution is -2.53. The van der Waals surface area contributed by atoms with Crippen molar-refractivity contribution < 1.29 is 9.59 Å². The van der Waals surface area contributed by atoms with Crippen LogP contribution in [0, 0.1) is 6.92 Å². The van der Waals surface area contributed by atoms with Crippen LogP contribution in [0.3, 0.4) is 0 Å². The minimum Gasteiger partial charge on any atom is -0.350 e. The smallest absolute Gasteiger partial charge is 0.243 e. The number of hydrogen-bond acceptors (Lipinski definition) is 3. The Bertz CT molecular complexity index is 813. The van der Waals surface area contributed by atoms with Crippen molar-refractivity contribution in [3.63, 3.8) is 0 Å². The number of nitrogens with one attached hydrogen (secondary N) is 1. The average Bonchev–Trinajstić information content (AvgIpc) is 2.68. The molecule has 2 amide bonds. The van der Waals surface area contributed by atoms with E-state index in [2.05, 4.69) is 36.5 Å². The maximum atomic E-state index is 13.2. The highest BCUT2D eigenvalue weighted by Gasteiger charge is 2.30. The van der Waals surface area contributed by atoms with Gasteiger partial charge in [-0.2, -0.15) is 0 Å². The number of amides is 2. The molecule has 30 heavy (non-hydrogen) atoms. The zero-order valence-corrected chi connectivity index (χ0v) is 19.6. The maximum Gasteiger partial charge on any atom is 0.243 e. The number of carbonyl (C=O) groups is 2. The largest absolute Gasteiger partial charge is 0.350 e. The van der Waals surface area contributed by atoms with E-state index >= 15 is 0 Å². The van der Waals surface area contributed by atoms with Crippen molar-refractivity contribution in [1.82, 2.24) is 10.2 Å². The van der Waals surface area contributed by atoms with Crippen LogP contribution in [-0.2, 0) is 16.1 Å². The average molecular weight is 427 g/mol. The molecule has 2 aromatic carbocycles. The summed E-state index contributed by atoms with van der Waals surface area (Å²) in [6, 6.07) is 17.7. The second-order valence-corrected chi connectivity index (χ2v) is 9.75. The van der Waals surface area contributed by atoms with Crippen LogP contribution >= 0.6 is 11.8 Å². The summed E-state index contributed by atoms with van der Waals surface area (Å²) in [5, 5.41) is 3.04. The van der Waals surface area contributed by atoms with Crippen molar-refractivity contribution in [2.45, 2.75) is 70.5 Å². The summed E-state index contributed by atoms with van der Waals surface area (Å²) in [5.74, 6) is 0.597. The molecule has 0 spiro atoms. The van der Waals surface area contributed by atoms with Crippen molar-refractivity contribution in [1.29, 1.82) is 0 Å². The molecule has 0 bridgehead atoms. The van der Waals surface area contributed by atoms with E-state index < -0.39 is 6.04 Å². The van der Waals surface area contributed by atoms with E-state index in [1.165, 1.54) is 5.56 Å². The summed E-state index contributed by atoms with van der Waals surface area (Å²) in [6.45, 7) is 10.3. The second-order valence-electron chi connectivity index (χ2n) is 8.58. The number of benzene rings is 2. The van der Waals surface area contributed by atoms with E-state index in [-0.39, 0.29) is 17.4 Å². The third-order valence-corrected chi connectivity index (χ3v) is 5.70. The Balaban J connectivity index is 2.11. The molecular formula is C25H34N2O2S. The topological polar surface area (TPSA) is 49.4 Å². The van der Waals surface area contributed by atoms with Gasteiger partial charge in [0.2, 0.25) is 11.8 Å². The van der Waals surface area contributed by atoms with Gasteiger partial charge >= 0.3 is 0 Å². The lowest BCUT2D eigenvalue weighted by molar-refractivity contribution is -0.141. The van der Waals surface area contributed by atoms with Crippen molar-refractivity contribution in [2.24, 2.45) is 0 Å². The molecule has 0 heterocycles. The first-order valence-electron chi connectivity index (χ1n) is 10.5. The van der Waals surface area contributed by atoms with Gasteiger partial charge in [-0.15, -0.1) is 11.8 Å². The van der Waals surface area contributed by atoms with Crippen LogP contribution in [0.15, 0.2) is 59.5 Å². The fourth-order valence-electron chi connectivity index (χ4n) is 3.19. The Morgan fingerprint density at radius 2 is 1.67 bits per heavy atom. The van der Waals surface area contributed by atoms with E-state index in [4.69, 9.17) is 0 Å². The molecule has 0 saturated carbocycles. The van der Waals surface area contributed by atoms with Crippen LogP contribution in [0.2, 0.25) is 0 Å². The molecule has 2 aromatic rings. The number of thioether (sulfide) groups is 1. The summed E-state index contributed by atoms with van der Waals surface area (Å²) in [5.41, 5.74) is 1.91. The lowest BCUT2D eigenvalue weighted by atomic mass is 10.1. The predicted molar refractivity (Wildman–Crippen MR) is 125 cm³/mol. The maximum absolute atomic E-state index is 13.2. The fraction of sp³-hybridized carbons (Fsp3) is 0.440. The van der Waals surface area contributed by atoms with E-state index in [1.54, 1.807) is 16.7 Å². The fourth-order valence-corrected chi connectivity index (χ4v) is 4.03. The quantitative estimate of drug-likeness (QED) is 0.561. The molecule has 0 aliphatic carbocycles. The standard InChI is InChI=1S/C25H34N2O2S/c1-6-22(24(29)26-25(3,4)5)27(18-20-10-8-7-9-11-20)23(28)16-17-30-21-14-12-19(2)13-15-21/h7-15,22H,6,16-18H2,1-5H3,(H,26,29)/t22-/m1/s1. The molecule has 0 radical (unpaired) electrons. The lowest BCUT2D eigenvalue weighted by Gasteiger charge is -2.33. The molecule has 0 saturated heterocycles. The number of aryl methyl sites for hydroxylation is 1. The predicted octanol–water partition coefficient (Wildman–Crippen LogP) is 5.20. The summed E-state index contributed by atoms with van der Waals surface area (Å²) >= 11 is 1.67. The van der Waals surface area contributed by atoms with Gasteiger partial charge in [-0.1, -0.05) is 55.0 Å². The van der Waals surface area contributed by atoms with Gasteiger partial charge in [0.25, 0.3) is 0 Å². The monoisotopic (exact) mass is 426 g/mol. The molecule has 0 fully saturated rings. The molecule has 0 aliphatic rings. The Kier molecular flexibility index (Phi) is 8.97. The van der Waals surface area contributed by atoms with Crippen LogP contribution < -0.4 is 5.32 Å². The highest BCUT2D eigenvalue weighted by molar-refractivity contribution is 7.99. The molecule has 2 rings (SSSR count). The van der Waals surface area contributed by atoms with Crippen LogP contribution in [0.1, 0.15) is 51.7 Å². The first-order chi connectivity index (χ1) is 14.2. The summed E-state index contributed by atoms with van der Waals surface area (Å²) in [6.07, 6.45) is 0.969. The first kappa shape index (κ1) is 24.0. The third-order valence-electron chi connectivity index (χ3n) is 4.69. The minimum atomic E-state index is -0.485. The van der Waals surface area contributed by atoms with Gasteiger partial charge in [-0.3, -0.25) is 9.59 Å². The van der Waals surface area contributed by atoms with Gasteiger partial charge in [0.05, 0.1) is 0 Å². The van der Waals surface area contributed by atoms with Gasteiger partial charge in [0.1, 0.15) is 6.04 Å². The highest BCUT2D eigenvalue weighted by Crippen LogP contribution is 2.21. The van der Waals surface area contributed by atoms with E-state index in [0.29, 0.717) is 25.1 Å². The van der Waals surface area contributed by atoms with Crippen LogP contribution in [0.5, 0.6) is 0 Å². The molecule has 0 unspecified atom stereocenters. The highest BCUT2D eigenvalue weighted by atomic mass is 32.2. The van der Waals surface area contributed by atoms with E-state index in [9.17, 15) is 9.59 Å². The molecule has 4 nitrogen and oxygen atoms in total. The van der Waals surface area contributed by atoms with Gasteiger partial charge in [0, 0.05) is 29.2 Å². The van der Waals surface area contributed by atoms with Crippen molar-refractivity contribution in [3.05, 3.63) is 65.7 Å². The summed E-state index contributed by atoms with van der Waals surface area (Å²) < 4.78 is 0. The molecule has 1 atom stereocenters. The zero-order chi connectivity index (χ0) is 22.1. The molecule has 1 N–H and O–H groups in total. The molecule has 5 heteroatoms. The van der Waals surface area contributed by atoms with Crippen molar-refractivity contribution in [3.8, 4) is 0 Å². The number of nitrogens with zero attached hydrogens (tertiary/aromatic N) is 1. The number of rotatable bonds is 9. The molecular weight excluding hydrogens is 392 g/mol. The number of hydrogen-bond donors (Lipinski definition) is 1. The van der Waals surface area contributed by atoms with Crippen molar-refractivity contribution in [2.75, 3.05) is 5.75 Å². The second kappa shape index (κ2) is 11.2. The van der Waals surface area contributed by atoms with Crippen molar-refractivity contribution >= 4 is 23.6 Å². The van der Waals surface area contributed by atoms with Gasteiger partial charge in [-0.25, -0.2) is 0 Å². The Labute approximate surface area is 185 Å². The zero-order valence-electron chi connectivity index (χ0n) is 18.8. The van der Waals surface area contributed by atoms with Crippen LogP contribution in [0.4, 0.5) is 0 Å². The first-order valence-corrected chi connectivity index (χ1v) is 11.5. The number of carbonyl (C=O) groups excluding carboxylic acids is 2. The minimum absolute atomic E-state index is 0.00868. The van der Waals surface area contributed by atoms with Crippen LogP contribution in [0.25, 0.3) is 0 Å². The Morgan fingerprint density at radius 3 is 2.23 bits per heavy atom. The molecule has 0 aromatic heterocycles. The Hall–Kier alpha value is -2.27. The van der Waals surface area contributed by atoms with Crippen LogP contribution in [-0.4, -0.2) is 34.0 Å². The third kappa shape index (κ3) is 7.86. The van der Waals surface area contributed by atoms with Gasteiger partial charge in [0.15, 0.2) is 0 Å². The summed E-state index contributed by atoms with van der Waals surface area (Å²) in [7, 11) is 0. The SMILES string of the molecule is CC[C@H](C(=O)NC(C)(C)C)N(Cc1ccccc1)C(=O)CCSc1ccc(C)cc1. The molecule has 162 valence electrons. The molecule has 0 aliphatic heterocycles. The van der Waals surface area contributed by atoms with E-state index in [0.717, 1.165) is 10.5 Å². The van der Waals surface area contributed by atoms with E-state index in [1.807, 2.05) is 58.0 Å². The Morgan fingerprint density at radius 1 is 1.03 bits per heavy atom. The normalized spacial score (nSPS) is 12.3. The van der Waals surface area contributed by atoms with Gasteiger partial charge < -0.3 is 10.2 Å². The summed E-state index contributed by atoms with van der Waals surface area (Å²) in [4.78, 5) is 29.0. The van der Waals surface area contributed by atoms with Gasteiger partial charge in [-0.05, 0) is 51.8 Å².